The van der Waals surface area contributed by atoms with Crippen molar-refractivity contribution >= 4 is 11.9 Å². The van der Waals surface area contributed by atoms with Gasteiger partial charge in [-0.1, -0.05) is 30.3 Å². The molecule has 0 N–H and O–H groups in total. The zero-order chi connectivity index (χ0) is 18.7. The van der Waals surface area contributed by atoms with Gasteiger partial charge in [-0.15, -0.1) is 0 Å². The van der Waals surface area contributed by atoms with Crippen molar-refractivity contribution in [3.63, 3.8) is 0 Å². The number of carbonyl (C=O) groups is 2. The van der Waals surface area contributed by atoms with Crippen molar-refractivity contribution in [1.82, 2.24) is 4.90 Å². The molecule has 0 unspecified atom stereocenters. The van der Waals surface area contributed by atoms with Crippen molar-refractivity contribution < 1.29 is 23.5 Å². The molecule has 0 radical (unpaired) electrons. The first-order valence-corrected chi connectivity index (χ1v) is 8.39. The Morgan fingerprint density at radius 1 is 1.19 bits per heavy atom. The molecule has 136 valence electrons. The van der Waals surface area contributed by atoms with Crippen molar-refractivity contribution in [2.45, 2.75) is 25.5 Å². The minimum Gasteiger partial charge on any atom is -0.481 e. The van der Waals surface area contributed by atoms with Gasteiger partial charge >= 0.3 is 5.97 Å². The van der Waals surface area contributed by atoms with Gasteiger partial charge in [0.25, 0.3) is 5.91 Å². The molecule has 0 saturated carbocycles. The number of amides is 1. The number of ether oxygens (including phenoxy) is 2. The number of esters is 1. The second-order valence-electron chi connectivity index (χ2n) is 6.12. The molecule has 26 heavy (non-hydrogen) atoms. The molecule has 2 atom stereocenters. The van der Waals surface area contributed by atoms with Crippen LogP contribution < -0.4 is 4.74 Å². The Balaban J connectivity index is 1.84. The summed E-state index contributed by atoms with van der Waals surface area (Å²) in [5.41, 5.74) is 1.78. The number of methoxy groups -OCH3 is 1. The normalized spacial score (nSPS) is 17.2. The largest absolute Gasteiger partial charge is 0.481 e. The SMILES string of the molecule is COC(=O)[C@@H]1c2ccccc2CCN1C(=O)[C@@H](C)Oc1cccc(F)c1. The molecule has 0 aliphatic carbocycles. The van der Waals surface area contributed by atoms with E-state index in [-0.39, 0.29) is 11.7 Å². The first-order chi connectivity index (χ1) is 12.5. The summed E-state index contributed by atoms with van der Waals surface area (Å²) in [7, 11) is 1.30. The molecule has 2 aromatic carbocycles. The summed E-state index contributed by atoms with van der Waals surface area (Å²) < 4.78 is 23.8. The number of nitrogens with zero attached hydrogens (tertiary/aromatic N) is 1. The van der Waals surface area contributed by atoms with Gasteiger partial charge in [0.05, 0.1) is 7.11 Å². The summed E-state index contributed by atoms with van der Waals surface area (Å²) in [4.78, 5) is 26.8. The van der Waals surface area contributed by atoms with Gasteiger partial charge in [-0.25, -0.2) is 9.18 Å². The van der Waals surface area contributed by atoms with Gasteiger partial charge in [0, 0.05) is 12.6 Å². The van der Waals surface area contributed by atoms with Gasteiger partial charge < -0.3 is 14.4 Å². The molecule has 3 rings (SSSR count). The van der Waals surface area contributed by atoms with Crippen LogP contribution in [-0.4, -0.2) is 36.5 Å². The lowest BCUT2D eigenvalue weighted by Crippen LogP contribution is -2.48. The summed E-state index contributed by atoms with van der Waals surface area (Å²) in [6, 6.07) is 12.3. The van der Waals surface area contributed by atoms with Gasteiger partial charge in [0.15, 0.2) is 12.1 Å². The Labute approximate surface area is 151 Å². The molecule has 0 aromatic heterocycles. The van der Waals surface area contributed by atoms with Crippen LogP contribution in [0.3, 0.4) is 0 Å². The van der Waals surface area contributed by atoms with Crippen molar-refractivity contribution in [3.8, 4) is 5.75 Å². The Bertz CT molecular complexity index is 823. The Kier molecular flexibility index (Phi) is 5.21. The Morgan fingerprint density at radius 3 is 2.69 bits per heavy atom. The predicted octanol–water partition coefficient (Wildman–Crippen LogP) is 2.89. The molecule has 1 aliphatic heterocycles. The molecule has 1 amide bonds. The number of halogens is 1. The number of hydrogen-bond acceptors (Lipinski definition) is 4. The molecule has 1 aliphatic rings. The summed E-state index contributed by atoms with van der Waals surface area (Å²) in [5, 5.41) is 0. The van der Waals surface area contributed by atoms with E-state index in [1.807, 2.05) is 24.3 Å². The highest BCUT2D eigenvalue weighted by atomic mass is 19.1. The van der Waals surface area contributed by atoms with E-state index in [0.29, 0.717) is 13.0 Å². The quantitative estimate of drug-likeness (QED) is 0.790. The van der Waals surface area contributed by atoms with E-state index in [0.717, 1.165) is 11.1 Å². The smallest absolute Gasteiger partial charge is 0.333 e. The zero-order valence-electron chi connectivity index (χ0n) is 14.6. The fraction of sp³-hybridized carbons (Fsp3) is 0.300. The maximum Gasteiger partial charge on any atom is 0.333 e. The molecule has 0 fully saturated rings. The second kappa shape index (κ2) is 7.56. The van der Waals surface area contributed by atoms with E-state index < -0.39 is 23.9 Å². The van der Waals surface area contributed by atoms with E-state index in [2.05, 4.69) is 0 Å². The second-order valence-corrected chi connectivity index (χ2v) is 6.12. The summed E-state index contributed by atoms with van der Waals surface area (Å²) in [6.07, 6.45) is -0.225. The van der Waals surface area contributed by atoms with Crippen LogP contribution in [0.2, 0.25) is 0 Å². The highest BCUT2D eigenvalue weighted by Gasteiger charge is 2.38. The van der Waals surface area contributed by atoms with Crippen molar-refractivity contribution in [3.05, 3.63) is 65.5 Å². The third kappa shape index (κ3) is 3.54. The fourth-order valence-electron chi connectivity index (χ4n) is 3.20. The molecule has 0 spiro atoms. The molecule has 5 nitrogen and oxygen atoms in total. The van der Waals surface area contributed by atoms with Gasteiger partial charge in [0.1, 0.15) is 11.6 Å². The molecule has 1 heterocycles. The number of hydrogen-bond donors (Lipinski definition) is 0. The lowest BCUT2D eigenvalue weighted by atomic mass is 9.92. The summed E-state index contributed by atoms with van der Waals surface area (Å²) in [6.45, 7) is 1.97. The summed E-state index contributed by atoms with van der Waals surface area (Å²) in [5.74, 6) is -1.03. The van der Waals surface area contributed by atoms with Crippen LogP contribution in [0.4, 0.5) is 4.39 Å². The molecule has 6 heteroatoms. The minimum atomic E-state index is -0.866. The van der Waals surface area contributed by atoms with Gasteiger partial charge in [0.2, 0.25) is 0 Å². The predicted molar refractivity (Wildman–Crippen MR) is 93.1 cm³/mol. The van der Waals surface area contributed by atoms with Crippen LogP contribution in [0.25, 0.3) is 0 Å². The third-order valence-corrected chi connectivity index (χ3v) is 4.45. The number of carbonyl (C=O) groups excluding carboxylic acids is 2. The van der Waals surface area contributed by atoms with Gasteiger partial charge in [-0.05, 0) is 36.6 Å². The average Bonchev–Trinajstić information content (AvgIpc) is 2.65. The number of fused-ring (bicyclic) bond motifs is 1. The average molecular weight is 357 g/mol. The topological polar surface area (TPSA) is 55.8 Å². The fourth-order valence-corrected chi connectivity index (χ4v) is 3.20. The third-order valence-electron chi connectivity index (χ3n) is 4.45. The highest BCUT2D eigenvalue weighted by molar-refractivity contribution is 5.88. The molecule has 0 saturated heterocycles. The van der Waals surface area contributed by atoms with Crippen LogP contribution in [0.15, 0.2) is 48.5 Å². The van der Waals surface area contributed by atoms with E-state index in [4.69, 9.17) is 9.47 Å². The summed E-state index contributed by atoms with van der Waals surface area (Å²) >= 11 is 0. The maximum absolute atomic E-state index is 13.3. The van der Waals surface area contributed by atoms with E-state index in [9.17, 15) is 14.0 Å². The number of benzene rings is 2. The molecular formula is C20H20FNO4. The van der Waals surface area contributed by atoms with Crippen LogP contribution in [0.1, 0.15) is 24.1 Å². The van der Waals surface area contributed by atoms with E-state index in [1.165, 1.54) is 30.2 Å². The van der Waals surface area contributed by atoms with Crippen LogP contribution in [-0.2, 0) is 20.7 Å². The first-order valence-electron chi connectivity index (χ1n) is 8.39. The van der Waals surface area contributed by atoms with E-state index in [1.54, 1.807) is 13.0 Å². The maximum atomic E-state index is 13.3. The van der Waals surface area contributed by atoms with Crippen LogP contribution in [0, 0.1) is 5.82 Å². The number of rotatable bonds is 4. The van der Waals surface area contributed by atoms with Crippen molar-refractivity contribution in [2.24, 2.45) is 0 Å². The lowest BCUT2D eigenvalue weighted by molar-refractivity contribution is -0.156. The van der Waals surface area contributed by atoms with Crippen molar-refractivity contribution in [2.75, 3.05) is 13.7 Å². The van der Waals surface area contributed by atoms with Crippen molar-refractivity contribution in [1.29, 1.82) is 0 Å². The molecule has 2 aromatic rings. The minimum absolute atomic E-state index is 0.262. The Hall–Kier alpha value is -2.89. The molecular weight excluding hydrogens is 337 g/mol. The molecule has 0 bridgehead atoms. The van der Waals surface area contributed by atoms with Crippen LogP contribution >= 0.6 is 0 Å². The zero-order valence-corrected chi connectivity index (χ0v) is 14.6. The highest BCUT2D eigenvalue weighted by Crippen LogP contribution is 2.31. The standard InChI is InChI=1S/C20H20FNO4/c1-13(26-16-8-5-7-15(21)12-16)19(23)22-11-10-14-6-3-4-9-17(14)18(22)20(24)25-2/h3-9,12-13,18H,10-11H2,1-2H3/t13-,18+/m1/s1. The van der Waals surface area contributed by atoms with E-state index >= 15 is 0 Å². The first kappa shape index (κ1) is 17.9. The Morgan fingerprint density at radius 2 is 1.96 bits per heavy atom. The van der Waals surface area contributed by atoms with Gasteiger partial charge in [-0.3, -0.25) is 4.79 Å². The lowest BCUT2D eigenvalue weighted by Gasteiger charge is -2.36. The van der Waals surface area contributed by atoms with Crippen LogP contribution in [0.5, 0.6) is 5.75 Å². The van der Waals surface area contributed by atoms with Gasteiger partial charge in [-0.2, -0.15) is 0 Å². The monoisotopic (exact) mass is 357 g/mol.